The molecule has 0 bridgehead atoms. The van der Waals surface area contributed by atoms with E-state index in [0.717, 1.165) is 13.0 Å². The number of nitrogens with one attached hydrogen (secondary N) is 1. The number of alkyl halides is 3. The Labute approximate surface area is 158 Å². The second-order valence-electron chi connectivity index (χ2n) is 6.78. The Morgan fingerprint density at radius 1 is 1.32 bits per heavy atom. The number of nitrogens with zero attached hydrogens (tertiary/aromatic N) is 5. The van der Waals surface area contributed by atoms with Gasteiger partial charge in [-0.05, 0) is 6.07 Å². The Morgan fingerprint density at radius 3 is 2.71 bits per heavy atom. The van der Waals surface area contributed by atoms with Gasteiger partial charge < -0.3 is 10.2 Å². The first kappa shape index (κ1) is 18.2. The molecule has 0 unspecified atom stereocenters. The van der Waals surface area contributed by atoms with Crippen LogP contribution in [0.15, 0.2) is 30.7 Å². The van der Waals surface area contributed by atoms with Crippen LogP contribution in [0.4, 0.5) is 24.7 Å². The SMILES string of the molecule is CC(=O)Nc1cc2c(cn1)c(N1CC(F)C1)cn2-c1nccc(C(C)(F)F)n1. The first-order valence-electron chi connectivity index (χ1n) is 8.62. The lowest BCUT2D eigenvalue weighted by Gasteiger charge is -2.35. The van der Waals surface area contributed by atoms with Gasteiger partial charge in [0.25, 0.3) is 5.92 Å². The van der Waals surface area contributed by atoms with E-state index in [-0.39, 0.29) is 24.9 Å². The van der Waals surface area contributed by atoms with Crippen molar-refractivity contribution in [2.75, 3.05) is 23.3 Å². The van der Waals surface area contributed by atoms with Gasteiger partial charge in [0.2, 0.25) is 11.9 Å². The van der Waals surface area contributed by atoms with E-state index in [1.807, 2.05) is 4.90 Å². The average Bonchev–Trinajstić information content (AvgIpc) is 2.96. The Hall–Kier alpha value is -3.17. The minimum atomic E-state index is -3.12. The van der Waals surface area contributed by atoms with E-state index in [9.17, 15) is 18.0 Å². The normalized spacial score (nSPS) is 15.0. The summed E-state index contributed by atoms with van der Waals surface area (Å²) < 4.78 is 42.3. The fourth-order valence-electron chi connectivity index (χ4n) is 3.10. The first-order valence-corrected chi connectivity index (χ1v) is 8.62. The fraction of sp³-hybridized carbons (Fsp3) is 0.333. The molecule has 0 spiro atoms. The van der Waals surface area contributed by atoms with E-state index >= 15 is 0 Å². The van der Waals surface area contributed by atoms with Crippen LogP contribution in [0.3, 0.4) is 0 Å². The van der Waals surface area contributed by atoms with Gasteiger partial charge in [0.1, 0.15) is 17.7 Å². The average molecular weight is 390 g/mol. The summed E-state index contributed by atoms with van der Waals surface area (Å²) in [6.45, 7) is 2.59. The van der Waals surface area contributed by atoms with E-state index in [4.69, 9.17) is 0 Å². The number of fused-ring (bicyclic) bond motifs is 1. The highest BCUT2D eigenvalue weighted by Gasteiger charge is 2.30. The van der Waals surface area contributed by atoms with E-state index in [0.29, 0.717) is 22.4 Å². The van der Waals surface area contributed by atoms with Crippen LogP contribution in [-0.2, 0) is 10.7 Å². The second-order valence-corrected chi connectivity index (χ2v) is 6.78. The number of halogens is 3. The van der Waals surface area contributed by atoms with Crippen LogP contribution >= 0.6 is 0 Å². The highest BCUT2D eigenvalue weighted by atomic mass is 19.3. The lowest BCUT2D eigenvalue weighted by Crippen LogP contribution is -2.48. The third-order valence-corrected chi connectivity index (χ3v) is 4.46. The minimum absolute atomic E-state index is 0.0487. The third kappa shape index (κ3) is 3.25. The number of pyridine rings is 1. The molecule has 0 radical (unpaired) electrons. The number of aromatic nitrogens is 4. The quantitative estimate of drug-likeness (QED) is 0.741. The molecule has 1 fully saturated rings. The topological polar surface area (TPSA) is 75.9 Å². The summed E-state index contributed by atoms with van der Waals surface area (Å²) >= 11 is 0. The Morgan fingerprint density at radius 2 is 2.07 bits per heavy atom. The van der Waals surface area contributed by atoms with E-state index in [1.54, 1.807) is 23.0 Å². The first-order chi connectivity index (χ1) is 13.2. The van der Waals surface area contributed by atoms with Crippen molar-refractivity contribution in [3.63, 3.8) is 0 Å². The Balaban J connectivity index is 1.87. The highest BCUT2D eigenvalue weighted by molar-refractivity contribution is 5.97. The fourth-order valence-corrected chi connectivity index (χ4v) is 3.10. The molecule has 0 aliphatic carbocycles. The van der Waals surface area contributed by atoms with Gasteiger partial charge in [-0.3, -0.25) is 9.36 Å². The van der Waals surface area contributed by atoms with Crippen LogP contribution in [0.25, 0.3) is 16.9 Å². The molecule has 0 saturated carbocycles. The number of hydrogen-bond acceptors (Lipinski definition) is 5. The molecule has 1 saturated heterocycles. The molecular formula is C18H17F3N6O. The predicted molar refractivity (Wildman–Crippen MR) is 97.6 cm³/mol. The van der Waals surface area contributed by atoms with Crippen molar-refractivity contribution in [1.82, 2.24) is 19.5 Å². The van der Waals surface area contributed by atoms with Crippen LogP contribution in [0.2, 0.25) is 0 Å². The maximum atomic E-state index is 13.7. The molecule has 1 N–H and O–H groups in total. The molecule has 7 nitrogen and oxygen atoms in total. The molecule has 0 atom stereocenters. The standard InChI is InChI=1S/C18H17F3N6O/c1-10(28)24-16-5-13-12(6-23-16)14(26-7-11(19)8-26)9-27(13)17-22-4-3-15(25-17)18(2,20)21/h3-6,9,11H,7-8H2,1-2H3,(H,23,24,28). The summed E-state index contributed by atoms with van der Waals surface area (Å²) in [5, 5.41) is 3.27. The lowest BCUT2D eigenvalue weighted by atomic mass is 10.1. The van der Waals surface area contributed by atoms with Crippen molar-refractivity contribution < 1.29 is 18.0 Å². The zero-order valence-corrected chi connectivity index (χ0v) is 15.2. The van der Waals surface area contributed by atoms with Crippen molar-refractivity contribution in [1.29, 1.82) is 0 Å². The van der Waals surface area contributed by atoms with Crippen LogP contribution in [0, 0.1) is 0 Å². The van der Waals surface area contributed by atoms with Crippen LogP contribution in [0.5, 0.6) is 0 Å². The zero-order chi connectivity index (χ0) is 20.1. The number of hydrogen-bond donors (Lipinski definition) is 1. The molecule has 3 aromatic heterocycles. The van der Waals surface area contributed by atoms with Gasteiger partial charge in [-0.1, -0.05) is 0 Å². The molecule has 3 aromatic rings. The number of anilines is 2. The smallest absolute Gasteiger partial charge is 0.287 e. The molecule has 0 aromatic carbocycles. The van der Waals surface area contributed by atoms with Gasteiger partial charge in [-0.15, -0.1) is 0 Å². The van der Waals surface area contributed by atoms with E-state index in [2.05, 4.69) is 20.3 Å². The summed E-state index contributed by atoms with van der Waals surface area (Å²) in [4.78, 5) is 25.5. The Kier molecular flexibility index (Phi) is 4.20. The molecular weight excluding hydrogens is 373 g/mol. The monoisotopic (exact) mass is 390 g/mol. The molecule has 1 aliphatic rings. The van der Waals surface area contributed by atoms with Crippen molar-refractivity contribution in [2.24, 2.45) is 0 Å². The molecule has 28 heavy (non-hydrogen) atoms. The molecule has 146 valence electrons. The van der Waals surface area contributed by atoms with Gasteiger partial charge in [-0.2, -0.15) is 8.78 Å². The maximum Gasteiger partial charge on any atom is 0.287 e. The molecule has 1 amide bonds. The number of rotatable bonds is 4. The van der Waals surface area contributed by atoms with Crippen molar-refractivity contribution in [2.45, 2.75) is 25.9 Å². The summed E-state index contributed by atoms with van der Waals surface area (Å²) in [7, 11) is 0. The second kappa shape index (κ2) is 6.47. The van der Waals surface area contributed by atoms with E-state index < -0.39 is 17.8 Å². The highest BCUT2D eigenvalue weighted by Crippen LogP contribution is 2.35. The third-order valence-electron chi connectivity index (χ3n) is 4.46. The van der Waals surface area contributed by atoms with Gasteiger partial charge in [0, 0.05) is 43.9 Å². The number of carbonyl (C=O) groups excluding carboxylic acids is 1. The van der Waals surface area contributed by atoms with Crippen molar-refractivity contribution in [3.05, 3.63) is 36.4 Å². The van der Waals surface area contributed by atoms with Crippen LogP contribution in [0.1, 0.15) is 19.5 Å². The van der Waals surface area contributed by atoms with Gasteiger partial charge in [0.05, 0.1) is 24.3 Å². The molecule has 4 rings (SSSR count). The summed E-state index contributed by atoms with van der Waals surface area (Å²) in [5.74, 6) is -3.06. The summed E-state index contributed by atoms with van der Waals surface area (Å²) in [6, 6.07) is 2.76. The number of amides is 1. The largest absolute Gasteiger partial charge is 0.364 e. The lowest BCUT2D eigenvalue weighted by molar-refractivity contribution is -0.114. The molecule has 10 heteroatoms. The summed E-state index contributed by atoms with van der Waals surface area (Å²) in [6.07, 6.45) is 3.57. The number of carbonyl (C=O) groups is 1. The van der Waals surface area contributed by atoms with Crippen LogP contribution < -0.4 is 10.2 Å². The minimum Gasteiger partial charge on any atom is -0.364 e. The van der Waals surface area contributed by atoms with Crippen molar-refractivity contribution in [3.8, 4) is 5.95 Å². The Bertz CT molecular complexity index is 1060. The predicted octanol–water partition coefficient (Wildman–Crippen LogP) is 3.04. The molecule has 1 aliphatic heterocycles. The zero-order valence-electron chi connectivity index (χ0n) is 15.2. The molecule has 4 heterocycles. The maximum absolute atomic E-state index is 13.7. The van der Waals surface area contributed by atoms with Crippen LogP contribution in [-0.4, -0.2) is 44.7 Å². The van der Waals surface area contributed by atoms with Crippen molar-refractivity contribution >= 4 is 28.3 Å². The van der Waals surface area contributed by atoms with Gasteiger partial charge in [-0.25, -0.2) is 19.3 Å². The summed E-state index contributed by atoms with van der Waals surface area (Å²) in [5.41, 5.74) is 0.848. The van der Waals surface area contributed by atoms with Gasteiger partial charge >= 0.3 is 0 Å². The van der Waals surface area contributed by atoms with Gasteiger partial charge in [0.15, 0.2) is 0 Å². The van der Waals surface area contributed by atoms with E-state index in [1.165, 1.54) is 13.1 Å².